The van der Waals surface area contributed by atoms with Crippen LogP contribution in [0.25, 0.3) is 0 Å². The maximum atomic E-state index is 12.3. The van der Waals surface area contributed by atoms with Gasteiger partial charge in [0.1, 0.15) is 5.82 Å². The monoisotopic (exact) mass is 311 g/mol. The van der Waals surface area contributed by atoms with Crippen LogP contribution in [0.3, 0.4) is 0 Å². The molecule has 1 fully saturated rings. The number of nitrogens with two attached hydrogens (primary N) is 1. The highest BCUT2D eigenvalue weighted by Gasteiger charge is 2.26. The molecule has 0 saturated heterocycles. The molecule has 1 aromatic heterocycles. The van der Waals surface area contributed by atoms with Crippen molar-refractivity contribution in [2.75, 3.05) is 16.4 Å². The first-order valence-corrected chi connectivity index (χ1v) is 7.83. The molecule has 1 aliphatic rings. The maximum absolute atomic E-state index is 12.3. The van der Waals surface area contributed by atoms with Crippen LogP contribution in [-0.4, -0.2) is 21.9 Å². The van der Waals surface area contributed by atoms with E-state index in [1.54, 1.807) is 24.3 Å². The summed E-state index contributed by atoms with van der Waals surface area (Å²) in [6, 6.07) is 8.95. The molecule has 6 heteroatoms. The Balaban J connectivity index is 1.83. The zero-order valence-corrected chi connectivity index (χ0v) is 13.3. The van der Waals surface area contributed by atoms with Crippen molar-refractivity contribution in [3.05, 3.63) is 41.6 Å². The van der Waals surface area contributed by atoms with E-state index in [1.165, 1.54) is 0 Å². The predicted octanol–water partition coefficient (Wildman–Crippen LogP) is 3.01. The topological polar surface area (TPSA) is 92.9 Å². The molecule has 23 heavy (non-hydrogen) atoms. The van der Waals surface area contributed by atoms with E-state index in [0.717, 1.165) is 18.5 Å². The number of aromatic nitrogens is 2. The van der Waals surface area contributed by atoms with Crippen LogP contribution in [0.4, 0.5) is 17.5 Å². The zero-order valence-electron chi connectivity index (χ0n) is 13.3. The summed E-state index contributed by atoms with van der Waals surface area (Å²) in [4.78, 5) is 21.3. The third-order valence-corrected chi connectivity index (χ3v) is 3.55. The minimum absolute atomic E-state index is 0.224. The molecule has 1 aliphatic carbocycles. The molecular formula is C17H21N5O. The van der Waals surface area contributed by atoms with Crippen molar-refractivity contribution in [1.82, 2.24) is 9.97 Å². The summed E-state index contributed by atoms with van der Waals surface area (Å²) in [5.74, 6) is 1.31. The Morgan fingerprint density at radius 2 is 2.04 bits per heavy atom. The Kier molecular flexibility index (Phi) is 4.14. The highest BCUT2D eigenvalue weighted by Crippen LogP contribution is 2.39. The number of anilines is 3. The van der Waals surface area contributed by atoms with Crippen LogP contribution in [0.2, 0.25) is 0 Å². The molecule has 6 nitrogen and oxygen atoms in total. The lowest BCUT2D eigenvalue weighted by Gasteiger charge is -2.12. The molecule has 0 atom stereocenters. The Morgan fingerprint density at radius 3 is 2.70 bits per heavy atom. The van der Waals surface area contributed by atoms with Gasteiger partial charge in [-0.1, -0.05) is 6.07 Å². The molecule has 0 bridgehead atoms. The quantitative estimate of drug-likeness (QED) is 0.738. The normalized spacial score (nSPS) is 13.9. The molecular weight excluding hydrogens is 290 g/mol. The number of amides is 1. The zero-order chi connectivity index (χ0) is 16.4. The summed E-state index contributed by atoms with van der Waals surface area (Å²) in [5, 5.41) is 6.03. The second kappa shape index (κ2) is 6.24. The van der Waals surface area contributed by atoms with Crippen LogP contribution in [0.15, 0.2) is 30.3 Å². The van der Waals surface area contributed by atoms with Crippen LogP contribution in [0.1, 0.15) is 48.7 Å². The molecule has 4 N–H and O–H groups in total. The number of benzene rings is 1. The highest BCUT2D eigenvalue weighted by molar-refractivity contribution is 6.04. The van der Waals surface area contributed by atoms with Gasteiger partial charge in [0.05, 0.1) is 5.69 Å². The SMILES string of the molecule is CC(C)Nc1nc(NC(=O)c2cccc(N)c2)cc(C2CC2)n1. The molecule has 2 aromatic rings. The summed E-state index contributed by atoms with van der Waals surface area (Å²) in [6.07, 6.45) is 2.28. The third kappa shape index (κ3) is 3.97. The Morgan fingerprint density at radius 1 is 1.26 bits per heavy atom. The van der Waals surface area contributed by atoms with Crippen LogP contribution < -0.4 is 16.4 Å². The van der Waals surface area contributed by atoms with E-state index in [0.29, 0.717) is 28.9 Å². The van der Waals surface area contributed by atoms with Gasteiger partial charge in [-0.3, -0.25) is 4.79 Å². The number of nitrogens with zero attached hydrogens (tertiary/aromatic N) is 2. The fourth-order valence-corrected chi connectivity index (χ4v) is 2.31. The van der Waals surface area contributed by atoms with E-state index in [1.807, 2.05) is 19.9 Å². The average Bonchev–Trinajstić information content (AvgIpc) is 3.30. The largest absolute Gasteiger partial charge is 0.399 e. The molecule has 1 aromatic carbocycles. The Labute approximate surface area is 135 Å². The van der Waals surface area contributed by atoms with Gasteiger partial charge in [-0.15, -0.1) is 0 Å². The number of carbonyl (C=O) groups is 1. The Hall–Kier alpha value is -2.63. The number of rotatable bonds is 5. The van der Waals surface area contributed by atoms with Gasteiger partial charge in [0, 0.05) is 29.3 Å². The molecule has 1 amide bonds. The maximum Gasteiger partial charge on any atom is 0.256 e. The van der Waals surface area contributed by atoms with Crippen LogP contribution in [0.5, 0.6) is 0 Å². The van der Waals surface area contributed by atoms with E-state index >= 15 is 0 Å². The van der Waals surface area contributed by atoms with E-state index in [9.17, 15) is 4.79 Å². The molecule has 0 aliphatic heterocycles. The fourth-order valence-electron chi connectivity index (χ4n) is 2.31. The van der Waals surface area contributed by atoms with Crippen molar-refractivity contribution in [2.45, 2.75) is 38.6 Å². The van der Waals surface area contributed by atoms with E-state index < -0.39 is 0 Å². The lowest BCUT2D eigenvalue weighted by atomic mass is 10.2. The van der Waals surface area contributed by atoms with E-state index in [4.69, 9.17) is 5.73 Å². The molecule has 3 rings (SSSR count). The van der Waals surface area contributed by atoms with Crippen molar-refractivity contribution in [3.8, 4) is 0 Å². The van der Waals surface area contributed by atoms with Crippen molar-refractivity contribution >= 4 is 23.4 Å². The van der Waals surface area contributed by atoms with Crippen molar-refractivity contribution < 1.29 is 4.79 Å². The number of hydrogen-bond donors (Lipinski definition) is 3. The first-order valence-electron chi connectivity index (χ1n) is 7.83. The lowest BCUT2D eigenvalue weighted by molar-refractivity contribution is 0.102. The molecule has 0 spiro atoms. The summed E-state index contributed by atoms with van der Waals surface area (Å²) in [5.41, 5.74) is 7.77. The van der Waals surface area contributed by atoms with Crippen LogP contribution >= 0.6 is 0 Å². The van der Waals surface area contributed by atoms with Gasteiger partial charge in [0.2, 0.25) is 5.95 Å². The van der Waals surface area contributed by atoms with Crippen LogP contribution in [0, 0.1) is 0 Å². The standard InChI is InChI=1S/C17H21N5O/c1-10(2)19-17-20-14(11-6-7-11)9-15(22-17)21-16(23)12-4-3-5-13(18)8-12/h3-5,8-11H,6-7,18H2,1-2H3,(H2,19,20,21,22,23). The average molecular weight is 311 g/mol. The van der Waals surface area contributed by atoms with E-state index in [-0.39, 0.29) is 11.9 Å². The number of nitrogens with one attached hydrogen (secondary N) is 2. The predicted molar refractivity (Wildman–Crippen MR) is 91.6 cm³/mol. The Bertz CT molecular complexity index is 725. The third-order valence-electron chi connectivity index (χ3n) is 3.55. The van der Waals surface area contributed by atoms with Crippen molar-refractivity contribution in [3.63, 3.8) is 0 Å². The summed E-state index contributed by atoms with van der Waals surface area (Å²) in [6.45, 7) is 4.05. The van der Waals surface area contributed by atoms with Crippen LogP contribution in [-0.2, 0) is 0 Å². The molecule has 1 saturated carbocycles. The van der Waals surface area contributed by atoms with Gasteiger partial charge in [-0.25, -0.2) is 4.98 Å². The van der Waals surface area contributed by atoms with Gasteiger partial charge in [0.15, 0.2) is 0 Å². The van der Waals surface area contributed by atoms with Gasteiger partial charge in [0.25, 0.3) is 5.91 Å². The van der Waals surface area contributed by atoms with Gasteiger partial charge >= 0.3 is 0 Å². The van der Waals surface area contributed by atoms with E-state index in [2.05, 4.69) is 20.6 Å². The molecule has 0 radical (unpaired) electrons. The minimum atomic E-state index is -0.228. The molecule has 120 valence electrons. The summed E-state index contributed by atoms with van der Waals surface area (Å²) >= 11 is 0. The second-order valence-electron chi connectivity index (χ2n) is 6.15. The highest BCUT2D eigenvalue weighted by atomic mass is 16.1. The second-order valence-corrected chi connectivity index (χ2v) is 6.15. The van der Waals surface area contributed by atoms with Gasteiger partial charge in [-0.2, -0.15) is 4.98 Å². The fraction of sp³-hybridized carbons (Fsp3) is 0.353. The summed E-state index contributed by atoms with van der Waals surface area (Å²) in [7, 11) is 0. The number of hydrogen-bond acceptors (Lipinski definition) is 5. The molecule has 0 unspecified atom stereocenters. The smallest absolute Gasteiger partial charge is 0.256 e. The lowest BCUT2D eigenvalue weighted by Crippen LogP contribution is -2.17. The number of nitrogen functional groups attached to an aromatic ring is 1. The van der Waals surface area contributed by atoms with Gasteiger partial charge in [-0.05, 0) is 44.9 Å². The number of carbonyl (C=O) groups excluding carboxylic acids is 1. The van der Waals surface area contributed by atoms with Crippen molar-refractivity contribution in [2.24, 2.45) is 0 Å². The van der Waals surface area contributed by atoms with Crippen molar-refractivity contribution in [1.29, 1.82) is 0 Å². The first-order chi connectivity index (χ1) is 11.0. The van der Waals surface area contributed by atoms with Gasteiger partial charge < -0.3 is 16.4 Å². The summed E-state index contributed by atoms with van der Waals surface area (Å²) < 4.78 is 0. The first kappa shape index (κ1) is 15.3. The minimum Gasteiger partial charge on any atom is -0.399 e. The molecule has 1 heterocycles.